The Morgan fingerprint density at radius 2 is 1.68 bits per heavy atom. The van der Waals surface area contributed by atoms with E-state index in [1.54, 1.807) is 17.0 Å². The SMILES string of the molecule is CC(C)(C)NC(=O)C(=O)N1CCN(C(=O)c2ccco2)CC1. The summed E-state index contributed by atoms with van der Waals surface area (Å²) in [6, 6.07) is 3.26. The summed E-state index contributed by atoms with van der Waals surface area (Å²) >= 11 is 0. The summed E-state index contributed by atoms with van der Waals surface area (Å²) in [6.07, 6.45) is 1.45. The van der Waals surface area contributed by atoms with E-state index in [1.807, 2.05) is 20.8 Å². The van der Waals surface area contributed by atoms with Crippen molar-refractivity contribution < 1.29 is 18.8 Å². The van der Waals surface area contributed by atoms with E-state index in [-0.39, 0.29) is 11.7 Å². The van der Waals surface area contributed by atoms with Crippen LogP contribution in [-0.2, 0) is 9.59 Å². The van der Waals surface area contributed by atoms with Crippen molar-refractivity contribution >= 4 is 17.7 Å². The maximum absolute atomic E-state index is 12.1. The second-order valence-corrected chi connectivity index (χ2v) is 6.27. The van der Waals surface area contributed by atoms with Crippen LogP contribution in [0.4, 0.5) is 0 Å². The van der Waals surface area contributed by atoms with Gasteiger partial charge < -0.3 is 19.5 Å². The van der Waals surface area contributed by atoms with Crippen molar-refractivity contribution in [3.05, 3.63) is 24.2 Å². The number of furan rings is 1. The van der Waals surface area contributed by atoms with Crippen LogP contribution in [0.1, 0.15) is 31.3 Å². The number of nitrogens with one attached hydrogen (secondary N) is 1. The Balaban J connectivity index is 1.88. The smallest absolute Gasteiger partial charge is 0.312 e. The molecule has 1 aromatic heterocycles. The number of carbonyl (C=O) groups is 3. The summed E-state index contributed by atoms with van der Waals surface area (Å²) < 4.78 is 5.08. The molecule has 0 unspecified atom stereocenters. The molecule has 1 fully saturated rings. The minimum absolute atomic E-state index is 0.198. The first-order chi connectivity index (χ1) is 10.3. The normalized spacial score (nSPS) is 15.6. The number of hydrogen-bond acceptors (Lipinski definition) is 4. The molecule has 0 atom stereocenters. The Labute approximate surface area is 129 Å². The summed E-state index contributed by atoms with van der Waals surface area (Å²) in [6.45, 7) is 6.89. The number of nitrogens with zero attached hydrogens (tertiary/aromatic N) is 2. The van der Waals surface area contributed by atoms with Crippen LogP contribution in [0.2, 0.25) is 0 Å². The van der Waals surface area contributed by atoms with E-state index in [0.717, 1.165) is 0 Å². The fraction of sp³-hybridized carbons (Fsp3) is 0.533. The molecule has 1 aliphatic heterocycles. The minimum atomic E-state index is -0.613. The van der Waals surface area contributed by atoms with Crippen LogP contribution < -0.4 is 5.32 Å². The fourth-order valence-electron chi connectivity index (χ4n) is 2.21. The number of hydrogen-bond donors (Lipinski definition) is 1. The number of piperazine rings is 1. The van der Waals surface area contributed by atoms with Crippen molar-refractivity contribution in [2.24, 2.45) is 0 Å². The zero-order valence-corrected chi connectivity index (χ0v) is 13.1. The fourth-order valence-corrected chi connectivity index (χ4v) is 2.21. The zero-order valence-electron chi connectivity index (χ0n) is 13.1. The van der Waals surface area contributed by atoms with Crippen LogP contribution in [0.25, 0.3) is 0 Å². The lowest BCUT2D eigenvalue weighted by atomic mass is 10.1. The van der Waals surface area contributed by atoms with E-state index in [0.29, 0.717) is 26.2 Å². The summed E-state index contributed by atoms with van der Waals surface area (Å²) in [5.74, 6) is -1.08. The molecule has 1 saturated heterocycles. The third-order valence-electron chi connectivity index (χ3n) is 3.27. The van der Waals surface area contributed by atoms with Gasteiger partial charge in [-0.3, -0.25) is 14.4 Å². The monoisotopic (exact) mass is 307 g/mol. The molecule has 7 nitrogen and oxygen atoms in total. The summed E-state index contributed by atoms with van der Waals surface area (Å²) in [4.78, 5) is 39.1. The molecule has 0 spiro atoms. The molecule has 7 heteroatoms. The predicted octanol–water partition coefficient (Wildman–Crippen LogP) is 0.479. The minimum Gasteiger partial charge on any atom is -0.459 e. The molecule has 0 radical (unpaired) electrons. The third kappa shape index (κ3) is 3.87. The van der Waals surface area contributed by atoms with Crippen LogP contribution >= 0.6 is 0 Å². The lowest BCUT2D eigenvalue weighted by molar-refractivity contribution is -0.147. The first kappa shape index (κ1) is 16.1. The highest BCUT2D eigenvalue weighted by Crippen LogP contribution is 2.10. The Hall–Kier alpha value is -2.31. The summed E-state index contributed by atoms with van der Waals surface area (Å²) in [7, 11) is 0. The molecule has 0 bridgehead atoms. The molecule has 0 aromatic carbocycles. The third-order valence-corrected chi connectivity index (χ3v) is 3.27. The molecule has 3 amide bonds. The van der Waals surface area contributed by atoms with E-state index in [2.05, 4.69) is 5.32 Å². The quantitative estimate of drug-likeness (QED) is 0.765. The average Bonchev–Trinajstić information content (AvgIpc) is 2.98. The molecule has 2 rings (SSSR count). The Morgan fingerprint density at radius 3 is 2.18 bits per heavy atom. The molecule has 120 valence electrons. The topological polar surface area (TPSA) is 82.9 Å². The van der Waals surface area contributed by atoms with Gasteiger partial charge in [0.2, 0.25) is 0 Å². The molecular formula is C15H21N3O4. The highest BCUT2D eigenvalue weighted by atomic mass is 16.3. The predicted molar refractivity (Wildman–Crippen MR) is 79.1 cm³/mol. The van der Waals surface area contributed by atoms with E-state index >= 15 is 0 Å². The molecular weight excluding hydrogens is 286 g/mol. The Kier molecular flexibility index (Phi) is 4.54. The first-order valence-corrected chi connectivity index (χ1v) is 7.22. The van der Waals surface area contributed by atoms with Crippen molar-refractivity contribution in [2.75, 3.05) is 26.2 Å². The van der Waals surface area contributed by atoms with Crippen molar-refractivity contribution in [2.45, 2.75) is 26.3 Å². The van der Waals surface area contributed by atoms with Crippen molar-refractivity contribution in [3.8, 4) is 0 Å². The van der Waals surface area contributed by atoms with Gasteiger partial charge in [-0.15, -0.1) is 0 Å². The Morgan fingerprint density at radius 1 is 1.09 bits per heavy atom. The number of carbonyl (C=O) groups excluding carboxylic acids is 3. The van der Waals surface area contributed by atoms with E-state index in [4.69, 9.17) is 4.42 Å². The first-order valence-electron chi connectivity index (χ1n) is 7.22. The average molecular weight is 307 g/mol. The van der Waals surface area contributed by atoms with Crippen LogP contribution in [0, 0.1) is 0 Å². The van der Waals surface area contributed by atoms with E-state index < -0.39 is 17.4 Å². The van der Waals surface area contributed by atoms with Gasteiger partial charge in [0.25, 0.3) is 5.91 Å². The van der Waals surface area contributed by atoms with Crippen molar-refractivity contribution in [1.82, 2.24) is 15.1 Å². The molecule has 22 heavy (non-hydrogen) atoms. The van der Waals surface area contributed by atoms with Gasteiger partial charge in [-0.1, -0.05) is 0 Å². The van der Waals surface area contributed by atoms with Gasteiger partial charge in [0.15, 0.2) is 5.76 Å². The lowest BCUT2D eigenvalue weighted by Gasteiger charge is -2.34. The Bertz CT molecular complexity index is 552. The highest BCUT2D eigenvalue weighted by Gasteiger charge is 2.30. The van der Waals surface area contributed by atoms with Gasteiger partial charge in [-0.2, -0.15) is 0 Å². The second-order valence-electron chi connectivity index (χ2n) is 6.27. The number of rotatable bonds is 1. The van der Waals surface area contributed by atoms with Gasteiger partial charge in [0.1, 0.15) is 0 Å². The molecule has 1 aromatic rings. The standard InChI is InChI=1S/C15H21N3O4/c1-15(2,3)16-12(19)14(21)18-8-6-17(7-9-18)13(20)11-5-4-10-22-11/h4-5,10H,6-9H2,1-3H3,(H,16,19). The van der Waals surface area contributed by atoms with Crippen LogP contribution in [0.3, 0.4) is 0 Å². The molecule has 0 saturated carbocycles. The van der Waals surface area contributed by atoms with E-state index in [1.165, 1.54) is 11.2 Å². The lowest BCUT2D eigenvalue weighted by Crippen LogP contribution is -2.55. The van der Waals surface area contributed by atoms with Gasteiger partial charge in [0.05, 0.1) is 6.26 Å². The maximum Gasteiger partial charge on any atom is 0.312 e. The van der Waals surface area contributed by atoms with Gasteiger partial charge >= 0.3 is 11.8 Å². The maximum atomic E-state index is 12.1. The number of amides is 3. The van der Waals surface area contributed by atoms with Crippen LogP contribution in [0.15, 0.2) is 22.8 Å². The van der Waals surface area contributed by atoms with Crippen molar-refractivity contribution in [3.63, 3.8) is 0 Å². The largest absolute Gasteiger partial charge is 0.459 e. The van der Waals surface area contributed by atoms with Crippen LogP contribution in [0.5, 0.6) is 0 Å². The van der Waals surface area contributed by atoms with Crippen molar-refractivity contribution in [1.29, 1.82) is 0 Å². The van der Waals surface area contributed by atoms with Gasteiger partial charge in [-0.05, 0) is 32.9 Å². The second kappa shape index (κ2) is 6.21. The van der Waals surface area contributed by atoms with E-state index in [9.17, 15) is 14.4 Å². The summed E-state index contributed by atoms with van der Waals surface area (Å²) in [5.41, 5.74) is -0.455. The molecule has 1 N–H and O–H groups in total. The molecule has 1 aliphatic rings. The van der Waals surface area contributed by atoms with Gasteiger partial charge in [-0.25, -0.2) is 0 Å². The molecule has 0 aliphatic carbocycles. The summed E-state index contributed by atoms with van der Waals surface area (Å²) in [5, 5.41) is 2.65. The zero-order chi connectivity index (χ0) is 16.3. The molecule has 2 heterocycles. The van der Waals surface area contributed by atoms with Crippen LogP contribution in [-0.4, -0.2) is 59.2 Å². The van der Waals surface area contributed by atoms with Gasteiger partial charge in [0, 0.05) is 31.7 Å². The highest BCUT2D eigenvalue weighted by molar-refractivity contribution is 6.35.